The molecule has 1 aliphatic rings. The quantitative estimate of drug-likeness (QED) is 0.198. The number of para-hydroxylation sites is 1. The van der Waals surface area contributed by atoms with Gasteiger partial charge in [0.15, 0.2) is 6.17 Å². The summed E-state index contributed by atoms with van der Waals surface area (Å²) in [5.41, 5.74) is 5.83. The van der Waals surface area contributed by atoms with E-state index in [0.717, 1.165) is 15.8 Å². The minimum absolute atomic E-state index is 0.283. The van der Waals surface area contributed by atoms with Crippen molar-refractivity contribution in [3.8, 4) is 17.2 Å². The van der Waals surface area contributed by atoms with Crippen molar-refractivity contribution in [1.29, 1.82) is 0 Å². The Labute approximate surface area is 246 Å². The Morgan fingerprint density at radius 2 is 1.80 bits per heavy atom. The summed E-state index contributed by atoms with van der Waals surface area (Å²) in [7, 11) is 1.62. The number of fused-ring (bicyclic) bond motifs is 1. The first-order valence-electron chi connectivity index (χ1n) is 12.9. The molecule has 4 aromatic carbocycles. The van der Waals surface area contributed by atoms with Crippen LogP contribution < -0.4 is 25.0 Å². The van der Waals surface area contributed by atoms with Gasteiger partial charge in [-0.2, -0.15) is 0 Å². The second kappa shape index (κ2) is 12.6. The summed E-state index contributed by atoms with van der Waals surface area (Å²) in [6, 6.07) is 27.1. The number of methoxy groups -OCH3 is 1. The molecule has 5 rings (SSSR count). The van der Waals surface area contributed by atoms with Gasteiger partial charge in [0.2, 0.25) is 0 Å². The van der Waals surface area contributed by atoms with Gasteiger partial charge in [-0.3, -0.25) is 15.0 Å². The number of benzene rings is 4. The molecule has 41 heavy (non-hydrogen) atoms. The summed E-state index contributed by atoms with van der Waals surface area (Å²) >= 11 is 3.44. The van der Waals surface area contributed by atoms with Gasteiger partial charge < -0.3 is 19.5 Å². The van der Waals surface area contributed by atoms with E-state index in [2.05, 4.69) is 33.3 Å². The lowest BCUT2D eigenvalue weighted by molar-refractivity contribution is 0.0487. The SMILES string of the molecule is C=CCOc1ccc(C(=O)NN2C(=O)c3cc(Br)ccc3N[C@@H]2c2ccccc2OCc2cccc(OC)c2)cc1. The number of hydrogen-bond donors (Lipinski definition) is 2. The van der Waals surface area contributed by atoms with Crippen LogP contribution in [0.25, 0.3) is 0 Å². The highest BCUT2D eigenvalue weighted by Gasteiger charge is 2.36. The number of hydrogen-bond acceptors (Lipinski definition) is 6. The first-order chi connectivity index (χ1) is 20.0. The fraction of sp³-hybridized carbons (Fsp3) is 0.125. The number of amides is 2. The van der Waals surface area contributed by atoms with Crippen LogP contribution in [0, 0.1) is 0 Å². The van der Waals surface area contributed by atoms with Crippen LogP contribution in [-0.2, 0) is 6.61 Å². The lowest BCUT2D eigenvalue weighted by atomic mass is 10.0. The van der Waals surface area contributed by atoms with Crippen molar-refractivity contribution in [2.24, 2.45) is 0 Å². The third-order valence-electron chi connectivity index (χ3n) is 6.43. The predicted molar refractivity (Wildman–Crippen MR) is 160 cm³/mol. The average molecular weight is 614 g/mol. The summed E-state index contributed by atoms with van der Waals surface area (Å²) in [6.45, 7) is 4.28. The highest BCUT2D eigenvalue weighted by Crippen LogP contribution is 2.37. The number of ether oxygens (including phenoxy) is 3. The molecule has 1 heterocycles. The van der Waals surface area contributed by atoms with Crippen molar-refractivity contribution >= 4 is 33.4 Å². The van der Waals surface area contributed by atoms with E-state index in [9.17, 15) is 9.59 Å². The molecular formula is C32H28BrN3O5. The average Bonchev–Trinajstić information content (AvgIpc) is 3.01. The number of nitrogens with one attached hydrogen (secondary N) is 2. The van der Waals surface area contributed by atoms with Gasteiger partial charge in [0.05, 0.1) is 12.7 Å². The van der Waals surface area contributed by atoms with Crippen LogP contribution in [0.4, 0.5) is 5.69 Å². The molecule has 1 atom stereocenters. The standard InChI is InChI=1S/C32H28BrN3O5/c1-3-17-40-24-14-11-22(12-15-24)31(37)35-36-30(34-28-16-13-23(33)19-27(28)32(36)38)26-9-4-5-10-29(26)41-20-21-7-6-8-25(18-21)39-2/h3-16,18-19,30,34H,1,17,20H2,2H3,(H,35,37)/t30-/m0/s1. The number of carbonyl (C=O) groups excluding carboxylic acids is 2. The highest BCUT2D eigenvalue weighted by molar-refractivity contribution is 9.10. The Morgan fingerprint density at radius 1 is 1.00 bits per heavy atom. The van der Waals surface area contributed by atoms with Gasteiger partial charge in [-0.1, -0.05) is 58.9 Å². The van der Waals surface area contributed by atoms with E-state index in [1.807, 2.05) is 60.7 Å². The van der Waals surface area contributed by atoms with Gasteiger partial charge >= 0.3 is 0 Å². The lowest BCUT2D eigenvalue weighted by Crippen LogP contribution is -2.53. The molecule has 2 amide bonds. The van der Waals surface area contributed by atoms with Gasteiger partial charge in [-0.15, -0.1) is 0 Å². The molecule has 0 saturated heterocycles. The molecule has 208 valence electrons. The van der Waals surface area contributed by atoms with E-state index in [1.54, 1.807) is 43.5 Å². The predicted octanol–water partition coefficient (Wildman–Crippen LogP) is 6.51. The van der Waals surface area contributed by atoms with Gasteiger partial charge in [0.1, 0.15) is 30.5 Å². The summed E-state index contributed by atoms with van der Waals surface area (Å²) in [5.74, 6) is 1.08. The fourth-order valence-corrected chi connectivity index (χ4v) is 4.76. The van der Waals surface area contributed by atoms with Crippen molar-refractivity contribution in [3.05, 3.63) is 130 Å². The third kappa shape index (κ3) is 6.36. The molecule has 0 bridgehead atoms. The van der Waals surface area contributed by atoms with Crippen LogP contribution in [0.5, 0.6) is 17.2 Å². The zero-order valence-corrected chi connectivity index (χ0v) is 23.9. The fourth-order valence-electron chi connectivity index (χ4n) is 4.40. The van der Waals surface area contributed by atoms with Crippen LogP contribution in [0.15, 0.2) is 108 Å². The molecule has 0 radical (unpaired) electrons. The maximum atomic E-state index is 13.8. The first-order valence-corrected chi connectivity index (χ1v) is 13.6. The molecule has 8 nitrogen and oxygen atoms in total. The van der Waals surface area contributed by atoms with Crippen LogP contribution in [0.1, 0.15) is 38.0 Å². The molecule has 0 aromatic heterocycles. The Balaban J connectivity index is 1.45. The Bertz CT molecular complexity index is 1570. The van der Waals surface area contributed by atoms with Crippen molar-refractivity contribution < 1.29 is 23.8 Å². The third-order valence-corrected chi connectivity index (χ3v) is 6.92. The van der Waals surface area contributed by atoms with E-state index in [-0.39, 0.29) is 12.5 Å². The van der Waals surface area contributed by atoms with Gasteiger partial charge in [-0.05, 0) is 66.2 Å². The van der Waals surface area contributed by atoms with Gasteiger partial charge in [0.25, 0.3) is 11.8 Å². The maximum Gasteiger partial charge on any atom is 0.276 e. The second-order valence-corrected chi connectivity index (χ2v) is 10.1. The molecule has 0 fully saturated rings. The first kappa shape index (κ1) is 27.8. The molecular weight excluding hydrogens is 586 g/mol. The number of nitrogens with zero attached hydrogens (tertiary/aromatic N) is 1. The van der Waals surface area contributed by atoms with Crippen LogP contribution in [-0.4, -0.2) is 30.5 Å². The van der Waals surface area contributed by atoms with Crippen LogP contribution in [0.2, 0.25) is 0 Å². The summed E-state index contributed by atoms with van der Waals surface area (Å²) in [6.07, 6.45) is 0.890. The number of halogens is 1. The second-order valence-electron chi connectivity index (χ2n) is 9.15. The normalized spacial score (nSPS) is 14.0. The topological polar surface area (TPSA) is 89.1 Å². The molecule has 9 heteroatoms. The Morgan fingerprint density at radius 3 is 2.59 bits per heavy atom. The van der Waals surface area contributed by atoms with Crippen molar-refractivity contribution in [2.45, 2.75) is 12.8 Å². The van der Waals surface area contributed by atoms with E-state index < -0.39 is 12.1 Å². The summed E-state index contributed by atoms with van der Waals surface area (Å²) in [4.78, 5) is 27.2. The molecule has 0 spiro atoms. The molecule has 4 aromatic rings. The number of hydrazine groups is 1. The molecule has 2 N–H and O–H groups in total. The number of carbonyl (C=O) groups is 2. The van der Waals surface area contributed by atoms with Crippen molar-refractivity contribution in [1.82, 2.24) is 10.4 Å². The molecule has 0 saturated carbocycles. The zero-order chi connectivity index (χ0) is 28.8. The molecule has 1 aliphatic heterocycles. The number of anilines is 1. The lowest BCUT2D eigenvalue weighted by Gasteiger charge is -2.38. The van der Waals surface area contributed by atoms with E-state index >= 15 is 0 Å². The highest BCUT2D eigenvalue weighted by atomic mass is 79.9. The summed E-state index contributed by atoms with van der Waals surface area (Å²) in [5, 5.41) is 4.71. The van der Waals surface area contributed by atoms with Crippen molar-refractivity contribution in [3.63, 3.8) is 0 Å². The van der Waals surface area contributed by atoms with Crippen LogP contribution in [0.3, 0.4) is 0 Å². The molecule has 0 aliphatic carbocycles. The largest absolute Gasteiger partial charge is 0.497 e. The number of rotatable bonds is 10. The smallest absolute Gasteiger partial charge is 0.276 e. The Kier molecular flexibility index (Phi) is 8.55. The summed E-state index contributed by atoms with van der Waals surface area (Å²) < 4.78 is 17.8. The minimum atomic E-state index is -0.753. The van der Waals surface area contributed by atoms with Gasteiger partial charge in [-0.25, -0.2) is 5.01 Å². The maximum absolute atomic E-state index is 13.8. The molecule has 0 unspecified atom stereocenters. The Hall–Kier alpha value is -4.76. The van der Waals surface area contributed by atoms with Crippen molar-refractivity contribution in [2.75, 3.05) is 19.0 Å². The zero-order valence-electron chi connectivity index (χ0n) is 22.3. The van der Waals surface area contributed by atoms with Crippen LogP contribution >= 0.6 is 15.9 Å². The van der Waals surface area contributed by atoms with E-state index in [4.69, 9.17) is 14.2 Å². The van der Waals surface area contributed by atoms with Gasteiger partial charge in [0, 0.05) is 21.3 Å². The van der Waals surface area contributed by atoms with E-state index in [0.29, 0.717) is 40.5 Å². The van der Waals surface area contributed by atoms with E-state index in [1.165, 1.54) is 5.01 Å². The monoisotopic (exact) mass is 613 g/mol. The minimum Gasteiger partial charge on any atom is -0.497 e.